The molecule has 0 saturated heterocycles. The first-order valence-corrected chi connectivity index (χ1v) is 9.95. The largest absolute Gasteiger partial charge is 0.348 e. The monoisotopic (exact) mass is 371 g/mol. The summed E-state index contributed by atoms with van der Waals surface area (Å²) in [4.78, 5) is 25.6. The quantitative estimate of drug-likeness (QED) is 0.741. The first kappa shape index (κ1) is 18.5. The van der Waals surface area contributed by atoms with Crippen LogP contribution in [-0.2, 0) is 19.4 Å². The third-order valence-electron chi connectivity index (χ3n) is 4.39. The van der Waals surface area contributed by atoms with E-state index in [2.05, 4.69) is 16.0 Å². The van der Waals surface area contributed by atoms with Crippen LogP contribution in [0.4, 0.5) is 10.5 Å². The number of carbonyl (C=O) groups is 2. The number of hydrogen-bond acceptors (Lipinski definition) is 3. The van der Waals surface area contributed by atoms with Gasteiger partial charge in [-0.15, -0.1) is 11.3 Å². The Morgan fingerprint density at radius 2 is 1.85 bits per heavy atom. The number of carbonyl (C=O) groups excluding carboxylic acids is 2. The SMILES string of the molecule is CC(C)NC(=O)Nc1ccc(CNC(=O)c2csc3c2CCCC3)cc1. The van der Waals surface area contributed by atoms with E-state index in [-0.39, 0.29) is 18.0 Å². The van der Waals surface area contributed by atoms with Crippen molar-refractivity contribution in [3.05, 3.63) is 51.2 Å². The molecular weight excluding hydrogens is 346 g/mol. The Kier molecular flexibility index (Phi) is 5.93. The van der Waals surface area contributed by atoms with Gasteiger partial charge in [-0.3, -0.25) is 4.79 Å². The van der Waals surface area contributed by atoms with Gasteiger partial charge in [0.25, 0.3) is 5.91 Å². The maximum atomic E-state index is 12.5. The zero-order chi connectivity index (χ0) is 18.5. The third kappa shape index (κ3) is 4.64. The summed E-state index contributed by atoms with van der Waals surface area (Å²) in [6.07, 6.45) is 4.51. The second-order valence-electron chi connectivity index (χ2n) is 6.89. The first-order chi connectivity index (χ1) is 12.5. The van der Waals surface area contributed by atoms with Crippen LogP contribution < -0.4 is 16.0 Å². The molecule has 0 bridgehead atoms. The van der Waals surface area contributed by atoms with Gasteiger partial charge in [-0.2, -0.15) is 0 Å². The number of amides is 3. The Morgan fingerprint density at radius 3 is 2.58 bits per heavy atom. The molecule has 1 aliphatic carbocycles. The molecule has 0 fully saturated rings. The molecule has 3 amide bonds. The van der Waals surface area contributed by atoms with Gasteiger partial charge in [-0.1, -0.05) is 12.1 Å². The fourth-order valence-electron chi connectivity index (χ4n) is 3.10. The van der Waals surface area contributed by atoms with Gasteiger partial charge in [0.05, 0.1) is 5.56 Å². The number of benzene rings is 1. The lowest BCUT2D eigenvalue weighted by Gasteiger charge is -2.13. The fraction of sp³-hybridized carbons (Fsp3) is 0.400. The van der Waals surface area contributed by atoms with E-state index in [1.54, 1.807) is 11.3 Å². The van der Waals surface area contributed by atoms with Crippen molar-refractivity contribution in [3.63, 3.8) is 0 Å². The molecule has 3 rings (SSSR count). The summed E-state index contributed by atoms with van der Waals surface area (Å²) in [7, 11) is 0. The number of anilines is 1. The van der Waals surface area contributed by atoms with E-state index in [0.717, 1.165) is 29.7 Å². The lowest BCUT2D eigenvalue weighted by molar-refractivity contribution is 0.0950. The van der Waals surface area contributed by atoms with Crippen molar-refractivity contribution in [1.29, 1.82) is 0 Å². The molecule has 0 atom stereocenters. The maximum Gasteiger partial charge on any atom is 0.319 e. The molecular formula is C20H25N3O2S. The van der Waals surface area contributed by atoms with E-state index in [9.17, 15) is 9.59 Å². The van der Waals surface area contributed by atoms with E-state index in [1.165, 1.54) is 23.3 Å². The zero-order valence-corrected chi connectivity index (χ0v) is 16.0. The molecule has 1 aromatic heterocycles. The highest BCUT2D eigenvalue weighted by atomic mass is 32.1. The smallest absolute Gasteiger partial charge is 0.319 e. The summed E-state index contributed by atoms with van der Waals surface area (Å²) in [5.74, 6) is 0.00270. The summed E-state index contributed by atoms with van der Waals surface area (Å²) < 4.78 is 0. The van der Waals surface area contributed by atoms with Crippen LogP contribution in [0.1, 0.15) is 53.1 Å². The number of hydrogen-bond donors (Lipinski definition) is 3. The molecule has 5 nitrogen and oxygen atoms in total. The average molecular weight is 372 g/mol. The minimum absolute atomic E-state index is 0.00270. The fourth-order valence-corrected chi connectivity index (χ4v) is 4.22. The highest BCUT2D eigenvalue weighted by Crippen LogP contribution is 2.30. The molecule has 26 heavy (non-hydrogen) atoms. The molecule has 0 radical (unpaired) electrons. The lowest BCUT2D eigenvalue weighted by Crippen LogP contribution is -2.34. The summed E-state index contributed by atoms with van der Waals surface area (Å²) in [6, 6.07) is 7.38. The van der Waals surface area contributed by atoms with Crippen LogP contribution in [0.25, 0.3) is 0 Å². The molecule has 0 aliphatic heterocycles. The van der Waals surface area contributed by atoms with Crippen LogP contribution in [0.2, 0.25) is 0 Å². The van der Waals surface area contributed by atoms with Crippen LogP contribution in [-0.4, -0.2) is 18.0 Å². The van der Waals surface area contributed by atoms with Gasteiger partial charge in [-0.25, -0.2) is 4.79 Å². The van der Waals surface area contributed by atoms with Gasteiger partial charge in [0.15, 0.2) is 0 Å². The number of urea groups is 1. The lowest BCUT2D eigenvalue weighted by atomic mass is 9.95. The third-order valence-corrected chi connectivity index (χ3v) is 5.48. The van der Waals surface area contributed by atoms with Crippen LogP contribution in [0.3, 0.4) is 0 Å². The normalized spacial score (nSPS) is 13.2. The molecule has 1 heterocycles. The number of nitrogens with one attached hydrogen (secondary N) is 3. The predicted octanol–water partition coefficient (Wildman–Crippen LogP) is 4.09. The van der Waals surface area contributed by atoms with Crippen molar-refractivity contribution >= 4 is 29.0 Å². The van der Waals surface area contributed by atoms with E-state index in [4.69, 9.17) is 0 Å². The van der Waals surface area contributed by atoms with Crippen molar-refractivity contribution in [2.24, 2.45) is 0 Å². The van der Waals surface area contributed by atoms with Crippen molar-refractivity contribution in [2.45, 2.75) is 52.1 Å². The standard InChI is InChI=1S/C20H25N3O2S/c1-13(2)22-20(25)23-15-9-7-14(8-10-15)11-21-19(24)17-12-26-18-6-4-3-5-16(17)18/h7-10,12-13H,3-6,11H2,1-2H3,(H,21,24)(H2,22,23,25). The summed E-state index contributed by atoms with van der Waals surface area (Å²) in [5.41, 5.74) is 3.81. The molecule has 0 spiro atoms. The molecule has 138 valence electrons. The van der Waals surface area contributed by atoms with Crippen LogP contribution in [0, 0.1) is 0 Å². The molecule has 3 N–H and O–H groups in total. The zero-order valence-electron chi connectivity index (χ0n) is 15.2. The number of fused-ring (bicyclic) bond motifs is 1. The van der Waals surface area contributed by atoms with Crippen molar-refractivity contribution in [2.75, 3.05) is 5.32 Å². The minimum Gasteiger partial charge on any atom is -0.348 e. The number of rotatable bonds is 5. The molecule has 2 aromatic rings. The van der Waals surface area contributed by atoms with Crippen molar-refractivity contribution in [1.82, 2.24) is 10.6 Å². The van der Waals surface area contributed by atoms with Crippen LogP contribution >= 0.6 is 11.3 Å². The summed E-state index contributed by atoms with van der Waals surface area (Å²) in [5, 5.41) is 10.6. The summed E-state index contributed by atoms with van der Waals surface area (Å²) >= 11 is 1.71. The predicted molar refractivity (Wildman–Crippen MR) is 106 cm³/mol. The molecule has 6 heteroatoms. The number of thiophene rings is 1. The maximum absolute atomic E-state index is 12.5. The minimum atomic E-state index is -0.219. The van der Waals surface area contributed by atoms with Crippen LogP contribution in [0.15, 0.2) is 29.6 Å². The van der Waals surface area contributed by atoms with Gasteiger partial charge in [-0.05, 0) is 62.8 Å². The molecule has 1 aromatic carbocycles. The van der Waals surface area contributed by atoms with Gasteiger partial charge in [0.2, 0.25) is 0 Å². The highest BCUT2D eigenvalue weighted by molar-refractivity contribution is 7.10. The van der Waals surface area contributed by atoms with E-state index < -0.39 is 0 Å². The first-order valence-electron chi connectivity index (χ1n) is 9.07. The second-order valence-corrected chi connectivity index (χ2v) is 7.86. The van der Waals surface area contributed by atoms with Crippen molar-refractivity contribution < 1.29 is 9.59 Å². The van der Waals surface area contributed by atoms with E-state index >= 15 is 0 Å². The molecule has 0 unspecified atom stereocenters. The summed E-state index contributed by atoms with van der Waals surface area (Å²) in [6.45, 7) is 4.30. The van der Waals surface area contributed by atoms with E-state index in [1.807, 2.05) is 43.5 Å². The van der Waals surface area contributed by atoms with E-state index in [0.29, 0.717) is 6.54 Å². The second kappa shape index (κ2) is 8.36. The van der Waals surface area contributed by atoms with Crippen LogP contribution in [0.5, 0.6) is 0 Å². The molecule has 0 saturated carbocycles. The average Bonchev–Trinajstić information content (AvgIpc) is 3.04. The number of aryl methyl sites for hydroxylation is 1. The van der Waals surface area contributed by atoms with Gasteiger partial charge < -0.3 is 16.0 Å². The molecule has 1 aliphatic rings. The Bertz CT molecular complexity index is 781. The Labute approximate surface area is 158 Å². The Hall–Kier alpha value is -2.34. The van der Waals surface area contributed by atoms with Gasteiger partial charge in [0, 0.05) is 28.5 Å². The topological polar surface area (TPSA) is 70.2 Å². The van der Waals surface area contributed by atoms with Gasteiger partial charge in [0.1, 0.15) is 0 Å². The Balaban J connectivity index is 1.54. The Morgan fingerprint density at radius 1 is 1.12 bits per heavy atom. The van der Waals surface area contributed by atoms with Gasteiger partial charge >= 0.3 is 6.03 Å². The highest BCUT2D eigenvalue weighted by Gasteiger charge is 2.19. The van der Waals surface area contributed by atoms with Crippen molar-refractivity contribution in [3.8, 4) is 0 Å².